The third-order valence-electron chi connectivity index (χ3n) is 15.1. The zero-order valence-corrected chi connectivity index (χ0v) is 35.9. The highest BCUT2D eigenvalue weighted by atomic mass is 15.2. The molecule has 0 radical (unpaired) electrons. The Balaban J connectivity index is 1.11. The van der Waals surface area contributed by atoms with Gasteiger partial charge in [-0.05, 0) is 148 Å². The Bertz CT molecular complexity index is 3110. The normalized spacial score (nSPS) is 18.4. The molecule has 0 amide bonds. The molecule has 0 bridgehead atoms. The van der Waals surface area contributed by atoms with Gasteiger partial charge in [-0.3, -0.25) is 0 Å². The van der Waals surface area contributed by atoms with Crippen LogP contribution < -0.4 is 9.80 Å². The van der Waals surface area contributed by atoms with Crippen molar-refractivity contribution in [1.29, 1.82) is 0 Å². The monoisotopic (exact) mass is 820 g/mol. The van der Waals surface area contributed by atoms with Crippen molar-refractivity contribution in [2.24, 2.45) is 11.8 Å². The molecule has 0 saturated heterocycles. The molecule has 13 rings (SSSR count). The van der Waals surface area contributed by atoms with Gasteiger partial charge in [0.1, 0.15) is 0 Å². The summed E-state index contributed by atoms with van der Waals surface area (Å²) < 4.78 is 0. The summed E-state index contributed by atoms with van der Waals surface area (Å²) >= 11 is 0. The molecule has 4 aliphatic carbocycles. The van der Waals surface area contributed by atoms with E-state index < -0.39 is 0 Å². The summed E-state index contributed by atoms with van der Waals surface area (Å²) in [6, 6.07) is 81.9. The lowest BCUT2D eigenvalue weighted by Gasteiger charge is -2.40. The number of para-hydroxylation sites is 3. The van der Waals surface area contributed by atoms with E-state index in [1.807, 2.05) is 0 Å². The lowest BCUT2D eigenvalue weighted by Crippen LogP contribution is -2.34. The Hall–Kier alpha value is -7.42. The molecule has 3 atom stereocenters. The third kappa shape index (κ3) is 5.58. The van der Waals surface area contributed by atoms with Crippen molar-refractivity contribution in [1.82, 2.24) is 0 Å². The first kappa shape index (κ1) is 37.2. The van der Waals surface area contributed by atoms with Crippen LogP contribution in [0.4, 0.5) is 34.1 Å². The van der Waals surface area contributed by atoms with Gasteiger partial charge in [-0.25, -0.2) is 0 Å². The molecule has 0 aliphatic heterocycles. The van der Waals surface area contributed by atoms with E-state index in [1.54, 1.807) is 0 Å². The Morgan fingerprint density at radius 1 is 0.344 bits per heavy atom. The minimum atomic E-state index is -0.167. The highest BCUT2D eigenvalue weighted by Crippen LogP contribution is 2.69. The standard InChI is InChI=1S/C62H48N2/c1-5-18-42(19-6-1)55-30-17-31-56(43-20-7-2-8-21-43)61(55)64(52-36-37-54-47(41-52)38-44-22-13-14-29-53(44)54)58-33-16-24-46-40-49-35-34-48-39-45-23-15-32-57(59(45)62(48,49)60(46)58)63(50-25-9-3-10-26-50)51-27-11-4-12-28-51/h1-33,36-37,41,48-49H,34-35,38-40H2. The van der Waals surface area contributed by atoms with Crippen molar-refractivity contribution in [3.63, 3.8) is 0 Å². The topological polar surface area (TPSA) is 6.48 Å². The molecule has 0 aromatic heterocycles. The van der Waals surface area contributed by atoms with Crippen molar-refractivity contribution >= 4 is 34.1 Å². The third-order valence-corrected chi connectivity index (χ3v) is 15.1. The second-order valence-corrected chi connectivity index (χ2v) is 18.3. The summed E-state index contributed by atoms with van der Waals surface area (Å²) in [6.45, 7) is 0. The molecule has 64 heavy (non-hydrogen) atoms. The SMILES string of the molecule is c1ccc(-c2cccc(-c3ccccc3)c2N(c2ccc3c(c2)Cc2ccccc2-3)c2cccc3c2C24c5c(cccc5N(c5ccccc5)c5ccccc5)CC2CCC4C3)cc1. The second kappa shape index (κ2) is 14.9. The van der Waals surface area contributed by atoms with E-state index in [-0.39, 0.29) is 5.41 Å². The first-order chi connectivity index (χ1) is 31.8. The van der Waals surface area contributed by atoms with Crippen LogP contribution in [-0.4, -0.2) is 0 Å². The van der Waals surface area contributed by atoms with Crippen LogP contribution in [0.2, 0.25) is 0 Å². The molecule has 9 aromatic rings. The Labute approximate surface area is 376 Å². The lowest BCUT2D eigenvalue weighted by molar-refractivity contribution is 0.350. The number of anilines is 6. The molecule has 2 nitrogen and oxygen atoms in total. The van der Waals surface area contributed by atoms with Gasteiger partial charge in [0, 0.05) is 33.6 Å². The van der Waals surface area contributed by atoms with Gasteiger partial charge in [0.25, 0.3) is 0 Å². The number of nitrogens with zero attached hydrogens (tertiary/aromatic N) is 2. The summed E-state index contributed by atoms with van der Waals surface area (Å²) in [5, 5.41) is 0. The molecule has 9 aromatic carbocycles. The fourth-order valence-electron chi connectivity index (χ4n) is 12.8. The predicted molar refractivity (Wildman–Crippen MR) is 266 cm³/mol. The van der Waals surface area contributed by atoms with E-state index in [1.165, 1.54) is 114 Å². The van der Waals surface area contributed by atoms with Gasteiger partial charge in [-0.2, -0.15) is 0 Å². The number of hydrogen-bond acceptors (Lipinski definition) is 2. The Kier molecular flexibility index (Phi) is 8.62. The van der Waals surface area contributed by atoms with Crippen LogP contribution in [0.1, 0.15) is 46.2 Å². The number of fused-ring (bicyclic) bond motifs is 5. The average Bonchev–Trinajstić information content (AvgIpc) is 4.10. The zero-order chi connectivity index (χ0) is 42.2. The maximum atomic E-state index is 2.70. The van der Waals surface area contributed by atoms with E-state index in [4.69, 9.17) is 0 Å². The molecule has 0 heterocycles. The van der Waals surface area contributed by atoms with Crippen LogP contribution >= 0.6 is 0 Å². The van der Waals surface area contributed by atoms with Gasteiger partial charge < -0.3 is 9.80 Å². The van der Waals surface area contributed by atoms with Gasteiger partial charge in [0.05, 0.1) is 17.1 Å². The van der Waals surface area contributed by atoms with Crippen LogP contribution in [0.3, 0.4) is 0 Å². The van der Waals surface area contributed by atoms with Gasteiger partial charge in [-0.1, -0.05) is 170 Å². The summed E-state index contributed by atoms with van der Waals surface area (Å²) in [5.74, 6) is 0.998. The molecule has 1 spiro atoms. The fourth-order valence-corrected chi connectivity index (χ4v) is 12.8. The molecule has 306 valence electrons. The predicted octanol–water partition coefficient (Wildman–Crippen LogP) is 16.0. The van der Waals surface area contributed by atoms with Gasteiger partial charge in [-0.15, -0.1) is 0 Å². The van der Waals surface area contributed by atoms with E-state index in [0.29, 0.717) is 11.8 Å². The molecular formula is C62H48N2. The highest BCUT2D eigenvalue weighted by molar-refractivity contribution is 5.99. The van der Waals surface area contributed by atoms with Crippen LogP contribution in [0.25, 0.3) is 33.4 Å². The number of benzene rings is 9. The van der Waals surface area contributed by atoms with Crippen molar-refractivity contribution < 1.29 is 0 Å². The van der Waals surface area contributed by atoms with Crippen molar-refractivity contribution in [2.75, 3.05) is 9.80 Å². The second-order valence-electron chi connectivity index (χ2n) is 18.3. The van der Waals surface area contributed by atoms with E-state index in [0.717, 1.165) is 19.3 Å². The van der Waals surface area contributed by atoms with Crippen LogP contribution in [-0.2, 0) is 24.7 Å². The van der Waals surface area contributed by atoms with Gasteiger partial charge in [0.2, 0.25) is 0 Å². The summed E-state index contributed by atoms with van der Waals surface area (Å²) in [4.78, 5) is 5.24. The smallest absolute Gasteiger partial charge is 0.0618 e. The van der Waals surface area contributed by atoms with E-state index in [2.05, 4.69) is 228 Å². The molecule has 2 heteroatoms. The summed E-state index contributed by atoms with van der Waals surface area (Å²) in [7, 11) is 0. The van der Waals surface area contributed by atoms with E-state index in [9.17, 15) is 0 Å². The van der Waals surface area contributed by atoms with Crippen LogP contribution in [0.15, 0.2) is 218 Å². The maximum absolute atomic E-state index is 2.70. The first-order valence-electron chi connectivity index (χ1n) is 23.2. The van der Waals surface area contributed by atoms with Gasteiger partial charge >= 0.3 is 0 Å². The average molecular weight is 821 g/mol. The highest BCUT2D eigenvalue weighted by Gasteiger charge is 2.62. The first-order valence-corrected chi connectivity index (χ1v) is 23.2. The quantitative estimate of drug-likeness (QED) is 0.151. The van der Waals surface area contributed by atoms with Crippen molar-refractivity contribution in [2.45, 2.75) is 37.5 Å². The Morgan fingerprint density at radius 3 is 1.38 bits per heavy atom. The minimum absolute atomic E-state index is 0.167. The van der Waals surface area contributed by atoms with Crippen LogP contribution in [0.5, 0.6) is 0 Å². The molecule has 4 aliphatic rings. The minimum Gasteiger partial charge on any atom is -0.310 e. The molecule has 1 saturated carbocycles. The maximum Gasteiger partial charge on any atom is 0.0618 e. The number of hydrogen-bond donors (Lipinski definition) is 0. The molecule has 3 unspecified atom stereocenters. The van der Waals surface area contributed by atoms with Crippen molar-refractivity contribution in [3.8, 4) is 33.4 Å². The fraction of sp³-hybridized carbons (Fsp3) is 0.129. The molecular weight excluding hydrogens is 773 g/mol. The van der Waals surface area contributed by atoms with Crippen molar-refractivity contribution in [3.05, 3.63) is 252 Å². The number of rotatable bonds is 8. The van der Waals surface area contributed by atoms with Gasteiger partial charge in [0.15, 0.2) is 0 Å². The molecule has 0 N–H and O–H groups in total. The largest absolute Gasteiger partial charge is 0.310 e. The summed E-state index contributed by atoms with van der Waals surface area (Å²) in [5.41, 5.74) is 23.7. The van der Waals surface area contributed by atoms with Crippen LogP contribution in [0, 0.1) is 11.8 Å². The summed E-state index contributed by atoms with van der Waals surface area (Å²) in [6.07, 6.45) is 5.58. The molecule has 1 fully saturated rings. The Morgan fingerprint density at radius 2 is 0.797 bits per heavy atom. The van der Waals surface area contributed by atoms with E-state index >= 15 is 0 Å². The lowest BCUT2D eigenvalue weighted by atomic mass is 9.68. The zero-order valence-electron chi connectivity index (χ0n) is 35.9.